The molecule has 0 aromatic carbocycles. The lowest BCUT2D eigenvalue weighted by molar-refractivity contribution is -0.928. The van der Waals surface area contributed by atoms with E-state index in [9.17, 15) is 5.11 Å². The quantitative estimate of drug-likeness (QED) is 0.572. The van der Waals surface area contributed by atoms with E-state index < -0.39 is 0 Å². The van der Waals surface area contributed by atoms with E-state index in [-0.39, 0.29) is 6.61 Å². The Bertz CT molecular complexity index is 105. The molecule has 0 N–H and O–H groups in total. The third-order valence-corrected chi connectivity index (χ3v) is 3.00. The molecule has 0 aromatic heterocycles. The molecule has 0 aliphatic carbocycles. The minimum absolute atomic E-state index is 0.0694. The van der Waals surface area contributed by atoms with Crippen LogP contribution in [0, 0.1) is 0 Å². The molecule has 0 radical (unpaired) electrons. The van der Waals surface area contributed by atoms with Crippen LogP contribution in [0.3, 0.4) is 0 Å². The zero-order valence-corrected chi connectivity index (χ0v) is 12.9. The SMILES string of the molecule is CCC[N+](CCC)(CCC)CCC.CCC[O-]. The van der Waals surface area contributed by atoms with E-state index in [0.717, 1.165) is 6.42 Å². The van der Waals surface area contributed by atoms with Crippen LogP contribution >= 0.6 is 0 Å². The van der Waals surface area contributed by atoms with Gasteiger partial charge in [-0.2, -0.15) is 0 Å². The van der Waals surface area contributed by atoms with E-state index in [0.29, 0.717) is 0 Å². The second kappa shape index (κ2) is 14.0. The molecule has 0 saturated carbocycles. The van der Waals surface area contributed by atoms with Gasteiger partial charge in [0, 0.05) is 0 Å². The van der Waals surface area contributed by atoms with E-state index in [1.54, 1.807) is 0 Å². The van der Waals surface area contributed by atoms with Gasteiger partial charge in [0.05, 0.1) is 26.2 Å². The summed E-state index contributed by atoms with van der Waals surface area (Å²) in [6.45, 7) is 16.7. The van der Waals surface area contributed by atoms with Crippen LogP contribution in [-0.4, -0.2) is 37.3 Å². The predicted molar refractivity (Wildman–Crippen MR) is 76.1 cm³/mol. The zero-order valence-electron chi connectivity index (χ0n) is 12.9. The standard InChI is InChI=1S/C12H28N.C3H7O/c1-5-9-13(10-6-2,11-7-3)12-8-4;1-2-3-4/h5-12H2,1-4H3;2-3H2,1H3/q+1;-1. The van der Waals surface area contributed by atoms with Gasteiger partial charge in [-0.1, -0.05) is 41.0 Å². The van der Waals surface area contributed by atoms with Crippen LogP contribution in [0.4, 0.5) is 0 Å². The van der Waals surface area contributed by atoms with E-state index in [2.05, 4.69) is 27.7 Å². The first-order valence-electron chi connectivity index (χ1n) is 7.59. The van der Waals surface area contributed by atoms with Crippen molar-refractivity contribution in [2.45, 2.75) is 66.7 Å². The van der Waals surface area contributed by atoms with E-state index in [1.165, 1.54) is 56.3 Å². The summed E-state index contributed by atoms with van der Waals surface area (Å²) in [7, 11) is 0. The normalized spacial score (nSPS) is 10.9. The summed E-state index contributed by atoms with van der Waals surface area (Å²) >= 11 is 0. The maximum absolute atomic E-state index is 9.30. The molecule has 0 amide bonds. The Morgan fingerprint density at radius 3 is 0.941 bits per heavy atom. The molecular weight excluding hydrogens is 210 g/mol. The molecule has 2 heteroatoms. The average Bonchev–Trinajstić information content (AvgIpc) is 2.31. The highest BCUT2D eigenvalue weighted by molar-refractivity contribution is 4.43. The summed E-state index contributed by atoms with van der Waals surface area (Å²) in [6.07, 6.45) is 6.10. The first-order chi connectivity index (χ1) is 8.16. The molecule has 2 nitrogen and oxygen atoms in total. The molecule has 0 spiro atoms. The highest BCUT2D eigenvalue weighted by atomic mass is 16.2. The first-order valence-corrected chi connectivity index (χ1v) is 7.59. The molecule has 0 aliphatic heterocycles. The van der Waals surface area contributed by atoms with Crippen LogP contribution in [-0.2, 0) is 0 Å². The lowest BCUT2D eigenvalue weighted by Crippen LogP contribution is -2.50. The Labute approximate surface area is 110 Å². The van der Waals surface area contributed by atoms with Crippen molar-refractivity contribution in [2.24, 2.45) is 0 Å². The molecule has 0 atom stereocenters. The van der Waals surface area contributed by atoms with Gasteiger partial charge in [-0.25, -0.2) is 0 Å². The first kappa shape index (κ1) is 19.3. The fourth-order valence-electron chi connectivity index (χ4n) is 2.57. The van der Waals surface area contributed by atoms with Gasteiger partial charge in [-0.15, -0.1) is 6.61 Å². The van der Waals surface area contributed by atoms with Gasteiger partial charge in [0.1, 0.15) is 0 Å². The van der Waals surface area contributed by atoms with Gasteiger partial charge in [0.15, 0.2) is 0 Å². The summed E-state index contributed by atoms with van der Waals surface area (Å²) in [4.78, 5) is 0. The van der Waals surface area contributed by atoms with Gasteiger partial charge in [-0.3, -0.25) is 0 Å². The lowest BCUT2D eigenvalue weighted by atomic mass is 10.2. The van der Waals surface area contributed by atoms with Crippen molar-refractivity contribution < 1.29 is 9.59 Å². The van der Waals surface area contributed by atoms with Gasteiger partial charge >= 0.3 is 0 Å². The monoisotopic (exact) mass is 245 g/mol. The minimum Gasteiger partial charge on any atom is -0.854 e. The molecule has 0 aromatic rings. The summed E-state index contributed by atoms with van der Waals surface area (Å²) in [5.74, 6) is 0. The number of quaternary nitrogens is 1. The molecule has 106 valence electrons. The molecule has 0 rings (SSSR count). The average molecular weight is 245 g/mol. The molecule has 17 heavy (non-hydrogen) atoms. The Morgan fingerprint density at radius 1 is 0.588 bits per heavy atom. The fourth-order valence-corrected chi connectivity index (χ4v) is 2.57. The molecule has 0 bridgehead atoms. The van der Waals surface area contributed by atoms with Crippen molar-refractivity contribution in [1.82, 2.24) is 0 Å². The van der Waals surface area contributed by atoms with Crippen molar-refractivity contribution in [3.8, 4) is 0 Å². The third kappa shape index (κ3) is 10.8. The minimum atomic E-state index is 0.0694. The highest BCUT2D eigenvalue weighted by Gasteiger charge is 2.22. The predicted octanol–water partition coefficient (Wildman–Crippen LogP) is 3.20. The van der Waals surface area contributed by atoms with Crippen molar-refractivity contribution in [1.29, 1.82) is 0 Å². The van der Waals surface area contributed by atoms with E-state index in [1.807, 2.05) is 6.92 Å². The largest absolute Gasteiger partial charge is 0.854 e. The molecule has 0 heterocycles. The second-order valence-corrected chi connectivity index (χ2v) is 4.94. The third-order valence-electron chi connectivity index (χ3n) is 3.00. The lowest BCUT2D eigenvalue weighted by Gasteiger charge is -2.38. The van der Waals surface area contributed by atoms with Crippen molar-refractivity contribution in [3.63, 3.8) is 0 Å². The van der Waals surface area contributed by atoms with Crippen LogP contribution in [0.25, 0.3) is 0 Å². The number of hydrogen-bond acceptors (Lipinski definition) is 1. The summed E-state index contributed by atoms with van der Waals surface area (Å²) in [6, 6.07) is 0. The summed E-state index contributed by atoms with van der Waals surface area (Å²) < 4.78 is 1.38. The smallest absolute Gasteiger partial charge is 0.0783 e. The maximum atomic E-state index is 9.30. The Morgan fingerprint density at radius 2 is 0.824 bits per heavy atom. The van der Waals surface area contributed by atoms with Gasteiger partial charge in [-0.05, 0) is 25.7 Å². The molecular formula is C15H35NO. The van der Waals surface area contributed by atoms with Crippen molar-refractivity contribution in [2.75, 3.05) is 32.8 Å². The maximum Gasteiger partial charge on any atom is 0.0783 e. The van der Waals surface area contributed by atoms with Gasteiger partial charge < -0.3 is 9.59 Å². The van der Waals surface area contributed by atoms with Crippen LogP contribution in [0.1, 0.15) is 66.7 Å². The fraction of sp³-hybridized carbons (Fsp3) is 1.00. The summed E-state index contributed by atoms with van der Waals surface area (Å²) in [5.41, 5.74) is 0. The van der Waals surface area contributed by atoms with Crippen LogP contribution < -0.4 is 5.11 Å². The molecule has 0 unspecified atom stereocenters. The van der Waals surface area contributed by atoms with Crippen molar-refractivity contribution in [3.05, 3.63) is 0 Å². The summed E-state index contributed by atoms with van der Waals surface area (Å²) in [5, 5.41) is 9.30. The van der Waals surface area contributed by atoms with E-state index in [4.69, 9.17) is 0 Å². The second-order valence-electron chi connectivity index (χ2n) is 4.94. The topological polar surface area (TPSA) is 23.1 Å². The van der Waals surface area contributed by atoms with Crippen LogP contribution in [0.15, 0.2) is 0 Å². The highest BCUT2D eigenvalue weighted by Crippen LogP contribution is 2.12. The van der Waals surface area contributed by atoms with Gasteiger partial charge in [0.2, 0.25) is 0 Å². The number of rotatable bonds is 9. The van der Waals surface area contributed by atoms with Crippen molar-refractivity contribution >= 4 is 0 Å². The Kier molecular flexibility index (Phi) is 15.8. The number of nitrogens with zero attached hydrogens (tertiary/aromatic N) is 1. The molecule has 0 fully saturated rings. The van der Waals surface area contributed by atoms with E-state index >= 15 is 0 Å². The molecule has 0 saturated heterocycles. The van der Waals surface area contributed by atoms with Crippen LogP contribution in [0.2, 0.25) is 0 Å². The Balaban J connectivity index is 0. The van der Waals surface area contributed by atoms with Gasteiger partial charge in [0.25, 0.3) is 0 Å². The zero-order chi connectivity index (χ0) is 13.6. The Hall–Kier alpha value is -0.0800. The van der Waals surface area contributed by atoms with Crippen LogP contribution in [0.5, 0.6) is 0 Å². The number of hydrogen-bond donors (Lipinski definition) is 0. The molecule has 0 aliphatic rings.